The fourth-order valence-electron chi connectivity index (χ4n) is 3.69. The third-order valence-corrected chi connectivity index (χ3v) is 5.99. The maximum atomic E-state index is 12.0. The summed E-state index contributed by atoms with van der Waals surface area (Å²) in [7, 11) is -4.21. The third-order valence-electron chi connectivity index (χ3n) is 5.05. The maximum Gasteiger partial charge on any atom is 0.294 e. The topological polar surface area (TPSA) is 54.4 Å². The molecule has 0 fully saturated rings. The van der Waals surface area contributed by atoms with Crippen LogP contribution in [0, 0.1) is 0 Å². The van der Waals surface area contributed by atoms with Crippen LogP contribution in [0.1, 0.15) is 76.3 Å². The molecule has 2 rings (SSSR count). The molecular formula is C22H32O3S. The minimum absolute atomic E-state index is 0.0857. The molecule has 0 aliphatic rings. The summed E-state index contributed by atoms with van der Waals surface area (Å²) in [6.45, 7) is 4.36. The summed E-state index contributed by atoms with van der Waals surface area (Å²) in [5.41, 5.74) is 2.00. The number of aryl methyl sites for hydroxylation is 2. The van der Waals surface area contributed by atoms with Gasteiger partial charge in [0.25, 0.3) is 10.1 Å². The van der Waals surface area contributed by atoms with E-state index >= 15 is 0 Å². The smallest absolute Gasteiger partial charge is 0.282 e. The number of fused-ring (bicyclic) bond motifs is 1. The first-order valence-electron chi connectivity index (χ1n) is 10.00. The molecule has 0 aliphatic carbocycles. The van der Waals surface area contributed by atoms with Crippen LogP contribution in [0.4, 0.5) is 0 Å². The Balaban J connectivity index is 2.45. The van der Waals surface area contributed by atoms with Crippen LogP contribution in [-0.2, 0) is 23.0 Å². The van der Waals surface area contributed by atoms with E-state index in [2.05, 4.69) is 19.9 Å². The van der Waals surface area contributed by atoms with E-state index in [9.17, 15) is 13.0 Å². The Hall–Kier alpha value is -1.39. The van der Waals surface area contributed by atoms with Crippen molar-refractivity contribution in [2.75, 3.05) is 0 Å². The number of unbranched alkanes of at least 4 members (excludes halogenated alkanes) is 6. The molecule has 0 aromatic heterocycles. The van der Waals surface area contributed by atoms with Crippen molar-refractivity contribution in [1.29, 1.82) is 0 Å². The Labute approximate surface area is 158 Å². The zero-order valence-corrected chi connectivity index (χ0v) is 16.9. The Bertz CT molecular complexity index is 809. The summed E-state index contributed by atoms with van der Waals surface area (Å²) < 4.78 is 33.6. The first-order chi connectivity index (χ1) is 12.5. The van der Waals surface area contributed by atoms with Gasteiger partial charge in [0.1, 0.15) is 0 Å². The van der Waals surface area contributed by atoms with Crippen LogP contribution in [0.25, 0.3) is 10.8 Å². The Kier molecular flexibility index (Phi) is 8.11. The zero-order chi connectivity index (χ0) is 19.0. The lowest BCUT2D eigenvalue weighted by molar-refractivity contribution is 0.482. The summed E-state index contributed by atoms with van der Waals surface area (Å²) in [5.74, 6) is 0. The van der Waals surface area contributed by atoms with E-state index in [0.29, 0.717) is 6.42 Å². The highest BCUT2D eigenvalue weighted by Gasteiger charge is 2.19. The van der Waals surface area contributed by atoms with E-state index in [1.807, 2.05) is 18.2 Å². The van der Waals surface area contributed by atoms with Gasteiger partial charge in [-0.3, -0.25) is 4.55 Å². The normalized spacial score (nSPS) is 12.0. The number of rotatable bonds is 11. The van der Waals surface area contributed by atoms with Gasteiger partial charge in [-0.1, -0.05) is 76.6 Å². The van der Waals surface area contributed by atoms with Gasteiger partial charge in [0.05, 0.1) is 4.90 Å². The van der Waals surface area contributed by atoms with Gasteiger partial charge < -0.3 is 0 Å². The molecule has 4 heteroatoms. The first kappa shape index (κ1) is 20.9. The van der Waals surface area contributed by atoms with Gasteiger partial charge in [-0.2, -0.15) is 8.42 Å². The van der Waals surface area contributed by atoms with E-state index in [1.54, 1.807) is 6.07 Å². The van der Waals surface area contributed by atoms with Crippen molar-refractivity contribution in [1.82, 2.24) is 0 Å². The molecule has 0 heterocycles. The molecule has 0 saturated carbocycles. The molecule has 2 aromatic rings. The maximum absolute atomic E-state index is 12.0. The van der Waals surface area contributed by atoms with Crippen LogP contribution in [0.5, 0.6) is 0 Å². The van der Waals surface area contributed by atoms with Crippen LogP contribution in [0.2, 0.25) is 0 Å². The summed E-state index contributed by atoms with van der Waals surface area (Å²) in [6.07, 6.45) is 10.7. The van der Waals surface area contributed by atoms with Gasteiger partial charge in [-0.15, -0.1) is 0 Å². The minimum Gasteiger partial charge on any atom is -0.282 e. The molecule has 3 nitrogen and oxygen atoms in total. The molecule has 0 spiro atoms. The van der Waals surface area contributed by atoms with Gasteiger partial charge in [0.2, 0.25) is 0 Å². The molecule has 26 heavy (non-hydrogen) atoms. The Morgan fingerprint density at radius 3 is 2.08 bits per heavy atom. The predicted molar refractivity (Wildman–Crippen MR) is 109 cm³/mol. The molecule has 1 N–H and O–H groups in total. The number of hydrogen-bond acceptors (Lipinski definition) is 2. The molecule has 0 aliphatic heterocycles. The van der Waals surface area contributed by atoms with Crippen LogP contribution >= 0.6 is 0 Å². The molecule has 0 amide bonds. The molecule has 0 bridgehead atoms. The third kappa shape index (κ3) is 5.55. The molecule has 144 valence electrons. The van der Waals surface area contributed by atoms with Crippen molar-refractivity contribution in [2.45, 2.75) is 83.0 Å². The molecular weight excluding hydrogens is 344 g/mol. The largest absolute Gasteiger partial charge is 0.294 e. The average Bonchev–Trinajstić information content (AvgIpc) is 2.61. The molecule has 0 radical (unpaired) electrons. The van der Waals surface area contributed by atoms with Crippen LogP contribution in [0.15, 0.2) is 35.2 Å². The van der Waals surface area contributed by atoms with Gasteiger partial charge in [0, 0.05) is 0 Å². The lowest BCUT2D eigenvalue weighted by Gasteiger charge is -2.15. The van der Waals surface area contributed by atoms with Crippen molar-refractivity contribution < 1.29 is 13.0 Å². The van der Waals surface area contributed by atoms with Crippen molar-refractivity contribution in [3.8, 4) is 0 Å². The van der Waals surface area contributed by atoms with E-state index in [4.69, 9.17) is 0 Å². The van der Waals surface area contributed by atoms with Crippen molar-refractivity contribution in [3.05, 3.63) is 41.5 Å². The fourth-order valence-corrected chi connectivity index (χ4v) is 4.44. The molecule has 0 unspecified atom stereocenters. The lowest BCUT2D eigenvalue weighted by atomic mass is 9.93. The van der Waals surface area contributed by atoms with E-state index in [0.717, 1.165) is 54.9 Å². The van der Waals surface area contributed by atoms with Crippen LogP contribution < -0.4 is 0 Å². The number of benzene rings is 2. The first-order valence-corrected chi connectivity index (χ1v) is 11.4. The second-order valence-electron chi connectivity index (χ2n) is 7.15. The minimum atomic E-state index is -4.21. The van der Waals surface area contributed by atoms with Crippen molar-refractivity contribution in [3.63, 3.8) is 0 Å². The highest BCUT2D eigenvalue weighted by molar-refractivity contribution is 7.85. The standard InChI is InChI=1S/C22H32O3S/c1-3-5-7-9-12-18-13-11-14-19-16-17-21(26(23,24)25)20(22(18)19)15-10-8-6-4-2/h11,13-14,16-17H,3-10,12,15H2,1-2H3,(H,23,24,25). The van der Waals surface area contributed by atoms with Crippen molar-refractivity contribution in [2.24, 2.45) is 0 Å². The highest BCUT2D eigenvalue weighted by Crippen LogP contribution is 2.31. The SMILES string of the molecule is CCCCCCc1cccc2ccc(S(=O)(=O)O)c(CCCCCC)c12. The average molecular weight is 377 g/mol. The molecule has 0 atom stereocenters. The van der Waals surface area contributed by atoms with Gasteiger partial charge >= 0.3 is 0 Å². The molecule has 0 saturated heterocycles. The second-order valence-corrected chi connectivity index (χ2v) is 8.54. The van der Waals surface area contributed by atoms with Gasteiger partial charge in [0.15, 0.2) is 0 Å². The van der Waals surface area contributed by atoms with Crippen molar-refractivity contribution >= 4 is 20.9 Å². The quantitative estimate of drug-likeness (QED) is 0.368. The predicted octanol–water partition coefficient (Wildman–Crippen LogP) is 6.33. The summed E-state index contributed by atoms with van der Waals surface area (Å²) in [4.78, 5) is 0.0857. The van der Waals surface area contributed by atoms with Crippen LogP contribution in [-0.4, -0.2) is 13.0 Å². The zero-order valence-electron chi connectivity index (χ0n) is 16.1. The van der Waals surface area contributed by atoms with E-state index in [-0.39, 0.29) is 4.90 Å². The second kappa shape index (κ2) is 10.1. The van der Waals surface area contributed by atoms with Gasteiger partial charge in [-0.05, 0) is 53.6 Å². The highest BCUT2D eigenvalue weighted by atomic mass is 32.2. The van der Waals surface area contributed by atoms with Crippen LogP contribution in [0.3, 0.4) is 0 Å². The number of hydrogen-bond donors (Lipinski definition) is 1. The summed E-state index contributed by atoms with van der Waals surface area (Å²) >= 11 is 0. The summed E-state index contributed by atoms with van der Waals surface area (Å²) in [6, 6.07) is 9.58. The summed E-state index contributed by atoms with van der Waals surface area (Å²) in [5, 5.41) is 2.10. The van der Waals surface area contributed by atoms with E-state index in [1.165, 1.54) is 24.8 Å². The monoisotopic (exact) mass is 376 g/mol. The van der Waals surface area contributed by atoms with E-state index < -0.39 is 10.1 Å². The lowest BCUT2D eigenvalue weighted by Crippen LogP contribution is -2.05. The Morgan fingerprint density at radius 2 is 1.46 bits per heavy atom. The Morgan fingerprint density at radius 1 is 0.808 bits per heavy atom. The van der Waals surface area contributed by atoms with Gasteiger partial charge in [-0.25, -0.2) is 0 Å². The molecule has 2 aromatic carbocycles. The fraction of sp³-hybridized carbons (Fsp3) is 0.545.